The van der Waals surface area contributed by atoms with E-state index in [1.807, 2.05) is 9.36 Å². The maximum atomic E-state index is 11.6. The number of fused-ring (bicyclic) bond motifs is 1. The Bertz CT molecular complexity index is 711. The van der Waals surface area contributed by atoms with Crippen LogP contribution in [0.3, 0.4) is 0 Å². The Labute approximate surface area is 148 Å². The van der Waals surface area contributed by atoms with E-state index in [1.54, 1.807) is 19.6 Å². The van der Waals surface area contributed by atoms with Crippen LogP contribution in [0.1, 0.15) is 13.8 Å². The minimum Gasteiger partial charge on any atom is -0.548 e. The van der Waals surface area contributed by atoms with E-state index < -0.39 is 29.3 Å². The molecule has 9 nitrogen and oxygen atoms in total. The molecule has 2 aliphatic heterocycles. The molecule has 136 valence electrons. The molecule has 0 amide bonds. The molecule has 1 saturated heterocycles. The minimum atomic E-state index is -1.28. The molecule has 4 atom stereocenters. The molecule has 3 rings (SSSR count). The van der Waals surface area contributed by atoms with E-state index in [4.69, 9.17) is 0 Å². The fourth-order valence-corrected chi connectivity index (χ4v) is 5.10. The molecule has 0 aliphatic carbocycles. The van der Waals surface area contributed by atoms with Crippen LogP contribution in [0, 0.1) is 5.92 Å². The van der Waals surface area contributed by atoms with Crippen molar-refractivity contribution in [1.29, 1.82) is 0 Å². The van der Waals surface area contributed by atoms with Crippen LogP contribution in [0.15, 0.2) is 23.9 Å². The van der Waals surface area contributed by atoms with Gasteiger partial charge in [0.2, 0.25) is 6.33 Å². The van der Waals surface area contributed by atoms with E-state index >= 15 is 0 Å². The molecular formula is C15H20N4O5S. The zero-order chi connectivity index (χ0) is 18.3. The summed E-state index contributed by atoms with van der Waals surface area (Å²) in [5, 5.41) is 33.2. The Morgan fingerprint density at radius 1 is 1.56 bits per heavy atom. The van der Waals surface area contributed by atoms with Crippen LogP contribution in [0.4, 0.5) is 0 Å². The number of carboxylic acids is 2. The second-order valence-electron chi connectivity index (χ2n) is 6.38. The number of carbonyl (C=O) groups excluding carboxylic acids is 1. The molecule has 0 bridgehead atoms. The Hall–Kier alpha value is -2.07. The lowest BCUT2D eigenvalue weighted by atomic mass is 9.98. The first-order chi connectivity index (χ1) is 11.8. The van der Waals surface area contributed by atoms with Crippen molar-refractivity contribution in [1.82, 2.24) is 15.0 Å². The van der Waals surface area contributed by atoms with Crippen LogP contribution in [0.25, 0.3) is 0 Å². The summed E-state index contributed by atoms with van der Waals surface area (Å²) in [7, 11) is 0. The van der Waals surface area contributed by atoms with Crippen LogP contribution in [-0.4, -0.2) is 54.5 Å². The fourth-order valence-electron chi connectivity index (χ4n) is 3.47. The van der Waals surface area contributed by atoms with Crippen LogP contribution in [-0.2, 0) is 22.7 Å². The lowest BCUT2D eigenvalue weighted by Crippen LogP contribution is -2.47. The van der Waals surface area contributed by atoms with Gasteiger partial charge >= 0.3 is 12.3 Å². The van der Waals surface area contributed by atoms with Gasteiger partial charge in [0.25, 0.3) is 0 Å². The Kier molecular flexibility index (Phi) is 4.74. The number of aliphatic carboxylic acids is 2. The van der Waals surface area contributed by atoms with Crippen molar-refractivity contribution in [2.75, 3.05) is 0 Å². The number of nitrogens with one attached hydrogen (secondary N) is 1. The summed E-state index contributed by atoms with van der Waals surface area (Å²) in [5.41, 5.74) is 0.0687. The fraction of sp³-hybridized carbons (Fsp3) is 0.600. The van der Waals surface area contributed by atoms with Crippen molar-refractivity contribution in [3.63, 3.8) is 0 Å². The molecule has 25 heavy (non-hydrogen) atoms. The molecule has 10 heteroatoms. The molecule has 2 aliphatic rings. The average Bonchev–Trinajstić information content (AvgIpc) is 3.15. The summed E-state index contributed by atoms with van der Waals surface area (Å²) >= 11 is 1.50. The lowest BCUT2D eigenvalue weighted by Gasteiger charge is -2.23. The molecule has 1 aromatic rings. The number of carbonyl (C=O) groups is 2. The predicted molar refractivity (Wildman–Crippen MR) is 85.0 cm³/mol. The van der Waals surface area contributed by atoms with Crippen molar-refractivity contribution in [2.24, 2.45) is 5.92 Å². The number of allylic oxidation sites excluding steroid dienone is 1. The first-order valence-electron chi connectivity index (χ1n) is 7.97. The normalized spacial score (nSPS) is 31.3. The van der Waals surface area contributed by atoms with Gasteiger partial charge in [0.1, 0.15) is 6.54 Å². The first kappa shape index (κ1) is 17.7. The highest BCUT2D eigenvalue weighted by Gasteiger charge is 2.43. The van der Waals surface area contributed by atoms with Crippen molar-refractivity contribution in [2.45, 2.75) is 49.6 Å². The van der Waals surface area contributed by atoms with Crippen molar-refractivity contribution in [3.8, 4) is 0 Å². The molecular weight excluding hydrogens is 348 g/mol. The molecule has 1 aromatic heterocycles. The molecule has 3 heterocycles. The number of hydrogen-bond donors (Lipinski definition) is 3. The van der Waals surface area contributed by atoms with Crippen LogP contribution in [0.5, 0.6) is 0 Å². The van der Waals surface area contributed by atoms with Gasteiger partial charge in [-0.2, -0.15) is 9.36 Å². The number of aliphatic hydroxyl groups is 1. The largest absolute Gasteiger partial charge is 0.548 e. The molecule has 2 unspecified atom stereocenters. The van der Waals surface area contributed by atoms with Crippen molar-refractivity contribution in [3.05, 3.63) is 23.9 Å². The van der Waals surface area contributed by atoms with Crippen LogP contribution >= 0.6 is 11.8 Å². The van der Waals surface area contributed by atoms with Gasteiger partial charge in [-0.25, -0.2) is 4.79 Å². The topological polar surface area (TPSA) is 131 Å². The third kappa shape index (κ3) is 3.23. The van der Waals surface area contributed by atoms with Gasteiger partial charge in [0.05, 0.1) is 35.5 Å². The van der Waals surface area contributed by atoms with Gasteiger partial charge in [-0.15, -0.1) is 11.8 Å². The lowest BCUT2D eigenvalue weighted by molar-refractivity contribution is -0.758. The molecule has 1 fully saturated rings. The number of rotatable bonds is 5. The monoisotopic (exact) mass is 368 g/mol. The third-order valence-electron chi connectivity index (χ3n) is 4.64. The summed E-state index contributed by atoms with van der Waals surface area (Å²) in [6, 6.07) is -1.01. The number of aromatic nitrogens is 3. The summed E-state index contributed by atoms with van der Waals surface area (Å²) in [5.74, 6) is -2.90. The van der Waals surface area contributed by atoms with Gasteiger partial charge < -0.3 is 25.4 Å². The van der Waals surface area contributed by atoms with E-state index in [0.717, 1.165) is 0 Å². The molecule has 0 spiro atoms. The highest BCUT2D eigenvalue weighted by Crippen LogP contribution is 2.38. The number of thioether (sulfide) groups is 1. The van der Waals surface area contributed by atoms with E-state index in [2.05, 4.69) is 10.3 Å². The Morgan fingerprint density at radius 2 is 2.28 bits per heavy atom. The Morgan fingerprint density at radius 3 is 2.84 bits per heavy atom. The summed E-state index contributed by atoms with van der Waals surface area (Å²) in [4.78, 5) is 27.1. The van der Waals surface area contributed by atoms with Crippen LogP contribution < -0.4 is 15.1 Å². The SMILES string of the molecule is C[C@@H]1/C(=C(/C(=O)O)[C@@H](C)O)NC(C(=O)[O-])C1SC1Cn2cnc[n+]2C1. The summed E-state index contributed by atoms with van der Waals surface area (Å²) in [6.45, 7) is 4.54. The quantitative estimate of drug-likeness (QED) is 0.392. The van der Waals surface area contributed by atoms with Crippen molar-refractivity contribution >= 4 is 23.7 Å². The zero-order valence-electron chi connectivity index (χ0n) is 13.8. The Balaban J connectivity index is 1.84. The number of aliphatic hydroxyl groups excluding tert-OH is 1. The smallest absolute Gasteiger partial charge is 0.335 e. The molecule has 3 N–H and O–H groups in total. The third-order valence-corrected chi connectivity index (χ3v) is 6.32. The van der Waals surface area contributed by atoms with E-state index in [0.29, 0.717) is 13.1 Å². The number of hydrogen-bond acceptors (Lipinski definition) is 7. The van der Waals surface area contributed by atoms with Gasteiger partial charge in [-0.1, -0.05) is 6.92 Å². The molecule has 0 radical (unpaired) electrons. The maximum absolute atomic E-state index is 11.6. The van der Waals surface area contributed by atoms with E-state index in [-0.39, 0.29) is 22.4 Å². The summed E-state index contributed by atoms with van der Waals surface area (Å²) in [6.07, 6.45) is 2.23. The van der Waals surface area contributed by atoms with Gasteiger partial charge in [-0.3, -0.25) is 0 Å². The van der Waals surface area contributed by atoms with Crippen LogP contribution in [0.2, 0.25) is 0 Å². The highest BCUT2D eigenvalue weighted by molar-refractivity contribution is 8.00. The standard InChI is InChI=1S/C15H20N4O5S/c1-7-11(10(8(2)20)14(21)22)17-12(15(23)24)13(7)25-9-3-18-5-16-6-19(18)4-9/h5-9,12-13,17,20H,3-4H2,1-2H3,(H-,21,22,23,24)/b11-10-/t7-,8-,12?,13?/m1/s1. The van der Waals surface area contributed by atoms with Crippen molar-refractivity contribution < 1.29 is 29.6 Å². The first-order valence-corrected chi connectivity index (χ1v) is 8.92. The maximum Gasteiger partial charge on any atom is 0.335 e. The van der Waals surface area contributed by atoms with E-state index in [9.17, 15) is 24.9 Å². The van der Waals surface area contributed by atoms with Gasteiger partial charge in [-0.05, 0) is 11.9 Å². The second kappa shape index (κ2) is 6.68. The average molecular weight is 368 g/mol. The number of carboxylic acid groups (broad SMARTS) is 2. The summed E-state index contributed by atoms with van der Waals surface area (Å²) < 4.78 is 3.90. The second-order valence-corrected chi connectivity index (χ2v) is 7.87. The molecule has 0 aromatic carbocycles. The minimum absolute atomic E-state index is 0.151. The zero-order valence-corrected chi connectivity index (χ0v) is 14.6. The van der Waals surface area contributed by atoms with Gasteiger partial charge in [0.15, 0.2) is 0 Å². The highest BCUT2D eigenvalue weighted by atomic mass is 32.2. The van der Waals surface area contributed by atoms with Gasteiger partial charge in [0, 0.05) is 16.9 Å². The molecule has 0 saturated carbocycles. The number of nitrogens with zero attached hydrogens (tertiary/aromatic N) is 3. The van der Waals surface area contributed by atoms with E-state index in [1.165, 1.54) is 18.7 Å². The predicted octanol–water partition coefficient (Wildman–Crippen LogP) is -2.27.